The molecular weight excluding hydrogens is 222 g/mol. The lowest BCUT2D eigenvalue weighted by molar-refractivity contribution is 0.0524. The lowest BCUT2D eigenvalue weighted by atomic mass is 10.4. The van der Waals surface area contributed by atoms with Gasteiger partial charge in [0.2, 0.25) is 0 Å². The Bertz CT molecular complexity index is 250. The lowest BCUT2D eigenvalue weighted by Gasteiger charge is -1.99. The van der Waals surface area contributed by atoms with E-state index in [4.69, 9.17) is 4.74 Å². The summed E-state index contributed by atoms with van der Waals surface area (Å²) in [5.41, 5.74) is 0.346. The predicted molar refractivity (Wildman–Crippen MR) is 48.3 cm³/mol. The molecule has 1 aromatic rings. The Morgan fingerprint density at radius 3 is 3.00 bits per heavy atom. The highest BCUT2D eigenvalue weighted by atomic mass is 79.9. The molecule has 0 unspecified atom stereocenters. The third-order valence-electron chi connectivity index (χ3n) is 1.18. The van der Waals surface area contributed by atoms with Gasteiger partial charge in [-0.1, -0.05) is 22.0 Å². The molecule has 12 heavy (non-hydrogen) atoms. The Labute approximate surface area is 78.9 Å². The molecule has 4 heteroatoms. The van der Waals surface area contributed by atoms with Crippen molar-refractivity contribution in [3.05, 3.63) is 30.1 Å². The minimum Gasteiger partial charge on any atom is -0.460 e. The number of carbonyl (C=O) groups is 1. The summed E-state index contributed by atoms with van der Waals surface area (Å²) in [5, 5.41) is 0.644. The van der Waals surface area contributed by atoms with Crippen molar-refractivity contribution in [3.8, 4) is 0 Å². The van der Waals surface area contributed by atoms with Crippen LogP contribution in [0.3, 0.4) is 0 Å². The summed E-state index contributed by atoms with van der Waals surface area (Å²) >= 11 is 3.15. The van der Waals surface area contributed by atoms with Crippen LogP contribution >= 0.6 is 15.9 Å². The van der Waals surface area contributed by atoms with Gasteiger partial charge in [0.25, 0.3) is 0 Å². The Morgan fingerprint density at radius 2 is 2.42 bits per heavy atom. The normalized spacial score (nSPS) is 9.42. The van der Waals surface area contributed by atoms with Crippen molar-refractivity contribution < 1.29 is 9.53 Å². The van der Waals surface area contributed by atoms with Gasteiger partial charge in [0.15, 0.2) is 0 Å². The number of esters is 1. The molecule has 0 bridgehead atoms. The standard InChI is InChI=1S/C8H8BrNO2/c9-4-6-12-8(11)7-3-1-2-5-10-7/h1-3,5H,4,6H2. The van der Waals surface area contributed by atoms with E-state index in [1.807, 2.05) is 0 Å². The van der Waals surface area contributed by atoms with Crippen LogP contribution in [0.25, 0.3) is 0 Å². The van der Waals surface area contributed by atoms with Crippen LogP contribution in [0.2, 0.25) is 0 Å². The number of halogens is 1. The number of rotatable bonds is 3. The summed E-state index contributed by atoms with van der Waals surface area (Å²) in [4.78, 5) is 14.9. The highest BCUT2D eigenvalue weighted by Crippen LogP contribution is 1.96. The molecule has 0 aliphatic heterocycles. The third kappa shape index (κ3) is 2.62. The van der Waals surface area contributed by atoms with Gasteiger partial charge in [-0.2, -0.15) is 0 Å². The average Bonchev–Trinajstić information content (AvgIpc) is 2.15. The molecule has 3 nitrogen and oxygen atoms in total. The maximum Gasteiger partial charge on any atom is 0.356 e. The molecule has 1 rings (SSSR count). The smallest absolute Gasteiger partial charge is 0.356 e. The van der Waals surface area contributed by atoms with Gasteiger partial charge in [-0.25, -0.2) is 9.78 Å². The Morgan fingerprint density at radius 1 is 1.58 bits per heavy atom. The number of nitrogens with zero attached hydrogens (tertiary/aromatic N) is 1. The first-order chi connectivity index (χ1) is 5.84. The molecule has 0 aromatic carbocycles. The van der Waals surface area contributed by atoms with Crippen LogP contribution in [0.5, 0.6) is 0 Å². The predicted octanol–water partition coefficient (Wildman–Crippen LogP) is 1.63. The number of hydrogen-bond acceptors (Lipinski definition) is 3. The Hall–Kier alpha value is -0.900. The summed E-state index contributed by atoms with van der Waals surface area (Å²) in [5.74, 6) is -0.380. The third-order valence-corrected chi connectivity index (χ3v) is 1.51. The van der Waals surface area contributed by atoms with Gasteiger partial charge in [0.05, 0.1) is 0 Å². The first-order valence-corrected chi connectivity index (χ1v) is 4.61. The van der Waals surface area contributed by atoms with Gasteiger partial charge in [0.1, 0.15) is 12.3 Å². The SMILES string of the molecule is O=C(OCCBr)c1ccccn1. The fourth-order valence-corrected chi connectivity index (χ4v) is 0.851. The molecule has 0 atom stereocenters. The topological polar surface area (TPSA) is 39.2 Å². The van der Waals surface area contributed by atoms with Crippen molar-refractivity contribution >= 4 is 21.9 Å². The highest BCUT2D eigenvalue weighted by molar-refractivity contribution is 9.09. The number of carbonyl (C=O) groups excluding carboxylic acids is 1. The fourth-order valence-electron chi connectivity index (χ4n) is 0.689. The molecule has 0 spiro atoms. The van der Waals surface area contributed by atoms with E-state index in [9.17, 15) is 4.79 Å². The molecule has 0 aliphatic carbocycles. The summed E-state index contributed by atoms with van der Waals surface area (Å²) in [6, 6.07) is 5.12. The van der Waals surface area contributed by atoms with Crippen molar-refractivity contribution in [2.24, 2.45) is 0 Å². The van der Waals surface area contributed by atoms with Crippen LogP contribution in [0.4, 0.5) is 0 Å². The quantitative estimate of drug-likeness (QED) is 0.585. The molecule has 0 radical (unpaired) electrons. The Balaban J connectivity index is 2.54. The first-order valence-electron chi connectivity index (χ1n) is 3.48. The van der Waals surface area contributed by atoms with Crippen LogP contribution in [-0.4, -0.2) is 22.9 Å². The molecule has 0 amide bonds. The number of hydrogen-bond donors (Lipinski definition) is 0. The number of pyridine rings is 1. The van der Waals surface area contributed by atoms with Crippen LogP contribution < -0.4 is 0 Å². The molecular formula is C8H8BrNO2. The van der Waals surface area contributed by atoms with Crippen LogP contribution in [0.1, 0.15) is 10.5 Å². The summed E-state index contributed by atoms with van der Waals surface area (Å²) in [6.45, 7) is 0.370. The van der Waals surface area contributed by atoms with E-state index >= 15 is 0 Å². The molecule has 0 saturated carbocycles. The summed E-state index contributed by atoms with van der Waals surface area (Å²) in [7, 11) is 0. The zero-order valence-corrected chi connectivity index (χ0v) is 7.95. The van der Waals surface area contributed by atoms with Crippen molar-refractivity contribution in [1.29, 1.82) is 0 Å². The summed E-state index contributed by atoms with van der Waals surface area (Å²) in [6.07, 6.45) is 1.56. The average molecular weight is 230 g/mol. The van der Waals surface area contributed by atoms with Crippen molar-refractivity contribution in [2.45, 2.75) is 0 Å². The fraction of sp³-hybridized carbons (Fsp3) is 0.250. The van der Waals surface area contributed by atoms with Crippen molar-refractivity contribution in [3.63, 3.8) is 0 Å². The van der Waals surface area contributed by atoms with E-state index in [-0.39, 0.29) is 5.97 Å². The number of aromatic nitrogens is 1. The van der Waals surface area contributed by atoms with Crippen LogP contribution in [0.15, 0.2) is 24.4 Å². The zero-order chi connectivity index (χ0) is 8.81. The van der Waals surface area contributed by atoms with Gasteiger partial charge in [-0.3, -0.25) is 0 Å². The van der Waals surface area contributed by atoms with Crippen molar-refractivity contribution in [2.75, 3.05) is 11.9 Å². The van der Waals surface area contributed by atoms with E-state index in [1.165, 1.54) is 0 Å². The first kappa shape index (κ1) is 9.19. The molecule has 0 fully saturated rings. The van der Waals surface area contributed by atoms with Gasteiger partial charge in [-0.15, -0.1) is 0 Å². The minimum absolute atomic E-state index is 0.346. The second kappa shape index (κ2) is 4.87. The molecule has 64 valence electrons. The highest BCUT2D eigenvalue weighted by Gasteiger charge is 2.05. The molecule has 0 saturated heterocycles. The van der Waals surface area contributed by atoms with E-state index in [2.05, 4.69) is 20.9 Å². The maximum absolute atomic E-state index is 11.1. The van der Waals surface area contributed by atoms with Crippen LogP contribution in [0, 0.1) is 0 Å². The van der Waals surface area contributed by atoms with Crippen LogP contribution in [-0.2, 0) is 4.74 Å². The van der Waals surface area contributed by atoms with Gasteiger partial charge in [-0.05, 0) is 12.1 Å². The second-order valence-electron chi connectivity index (χ2n) is 2.04. The maximum atomic E-state index is 11.1. The summed E-state index contributed by atoms with van der Waals surface area (Å²) < 4.78 is 4.83. The Kier molecular flexibility index (Phi) is 3.73. The number of alkyl halides is 1. The minimum atomic E-state index is -0.380. The largest absolute Gasteiger partial charge is 0.460 e. The van der Waals surface area contributed by atoms with Gasteiger partial charge in [0, 0.05) is 11.5 Å². The molecule has 1 heterocycles. The monoisotopic (exact) mass is 229 g/mol. The van der Waals surface area contributed by atoms with Gasteiger partial charge < -0.3 is 4.74 Å². The van der Waals surface area contributed by atoms with E-state index in [1.54, 1.807) is 24.4 Å². The lowest BCUT2D eigenvalue weighted by Crippen LogP contribution is -2.08. The molecule has 1 aromatic heterocycles. The molecule has 0 N–H and O–H groups in total. The number of ether oxygens (including phenoxy) is 1. The van der Waals surface area contributed by atoms with E-state index in [0.717, 1.165) is 0 Å². The van der Waals surface area contributed by atoms with E-state index < -0.39 is 0 Å². The van der Waals surface area contributed by atoms with Gasteiger partial charge >= 0.3 is 5.97 Å². The second-order valence-corrected chi connectivity index (χ2v) is 2.83. The van der Waals surface area contributed by atoms with E-state index in [0.29, 0.717) is 17.6 Å². The van der Waals surface area contributed by atoms with Crippen molar-refractivity contribution in [1.82, 2.24) is 4.98 Å². The molecule has 0 aliphatic rings. The zero-order valence-electron chi connectivity index (χ0n) is 6.37.